The molecule has 0 heterocycles. The highest BCUT2D eigenvalue weighted by molar-refractivity contribution is 5.71. The predicted molar refractivity (Wildman–Crippen MR) is 131 cm³/mol. The normalized spacial score (nSPS) is 11.6. The van der Waals surface area contributed by atoms with Gasteiger partial charge in [-0.15, -0.1) is 0 Å². The second-order valence-corrected chi connectivity index (χ2v) is 8.95. The van der Waals surface area contributed by atoms with Crippen LogP contribution >= 0.6 is 0 Å². The van der Waals surface area contributed by atoms with E-state index in [2.05, 4.69) is 11.7 Å². The summed E-state index contributed by atoms with van der Waals surface area (Å²) in [6, 6.07) is 13.7. The van der Waals surface area contributed by atoms with Gasteiger partial charge in [-0.25, -0.2) is 22.0 Å². The van der Waals surface area contributed by atoms with Crippen molar-refractivity contribution in [1.82, 2.24) is 0 Å². The molecule has 0 radical (unpaired) electrons. The molecule has 0 N–H and O–H groups in total. The molecule has 4 aromatic rings. The standard InChI is InChI=1S/C30H23F7O/c1-3-4-5-18-6-8-19(9-7-18)20-10-11-23(26(33)12-20)21-13-27(34)29(28(35)14-21)38-30(36,37)22-15-24(31)17(2)25(32)16-22/h6-16H,3-5H2,1-2H3. The molecular formula is C30H23F7O. The summed E-state index contributed by atoms with van der Waals surface area (Å²) < 4.78 is 105. The molecule has 4 aromatic carbocycles. The largest absolute Gasteiger partial charge is 0.427 e. The van der Waals surface area contributed by atoms with E-state index in [0.717, 1.165) is 37.3 Å². The lowest BCUT2D eigenvalue weighted by Crippen LogP contribution is -2.24. The number of ether oxygens (including phenoxy) is 1. The molecule has 0 saturated heterocycles. The maximum Gasteiger partial charge on any atom is 0.427 e. The highest BCUT2D eigenvalue weighted by Gasteiger charge is 2.38. The van der Waals surface area contributed by atoms with Gasteiger partial charge in [0.1, 0.15) is 17.5 Å². The van der Waals surface area contributed by atoms with Crippen molar-refractivity contribution >= 4 is 0 Å². The van der Waals surface area contributed by atoms with Gasteiger partial charge in [0.2, 0.25) is 0 Å². The van der Waals surface area contributed by atoms with Crippen molar-refractivity contribution in [3.8, 4) is 28.0 Å². The minimum atomic E-state index is -4.46. The zero-order valence-electron chi connectivity index (χ0n) is 20.5. The Kier molecular flexibility index (Phi) is 7.81. The van der Waals surface area contributed by atoms with Crippen LogP contribution in [0.2, 0.25) is 0 Å². The lowest BCUT2D eigenvalue weighted by atomic mass is 9.98. The second-order valence-electron chi connectivity index (χ2n) is 8.95. The molecule has 0 unspecified atom stereocenters. The van der Waals surface area contributed by atoms with Crippen molar-refractivity contribution in [2.24, 2.45) is 0 Å². The summed E-state index contributed by atoms with van der Waals surface area (Å²) in [5.74, 6) is -7.88. The minimum absolute atomic E-state index is 0.160. The molecule has 0 aliphatic rings. The van der Waals surface area contributed by atoms with E-state index < -0.39 is 52.1 Å². The molecule has 0 bridgehead atoms. The first-order chi connectivity index (χ1) is 18.0. The molecule has 0 fully saturated rings. The van der Waals surface area contributed by atoms with Crippen molar-refractivity contribution in [1.29, 1.82) is 0 Å². The monoisotopic (exact) mass is 532 g/mol. The smallest absolute Gasteiger partial charge is 0.423 e. The van der Waals surface area contributed by atoms with E-state index in [-0.39, 0.29) is 11.1 Å². The van der Waals surface area contributed by atoms with Gasteiger partial charge in [-0.3, -0.25) is 0 Å². The van der Waals surface area contributed by atoms with Crippen LogP contribution < -0.4 is 4.74 Å². The van der Waals surface area contributed by atoms with Crippen molar-refractivity contribution in [3.05, 3.63) is 113 Å². The number of benzene rings is 4. The third-order valence-electron chi connectivity index (χ3n) is 6.23. The second kappa shape index (κ2) is 10.9. The molecule has 4 rings (SSSR count). The van der Waals surface area contributed by atoms with Crippen LogP contribution in [0, 0.1) is 36.0 Å². The van der Waals surface area contributed by atoms with E-state index >= 15 is 0 Å². The van der Waals surface area contributed by atoms with Crippen LogP contribution in [0.4, 0.5) is 30.7 Å². The molecule has 0 aliphatic heterocycles. The minimum Gasteiger partial charge on any atom is -0.423 e. The first-order valence-corrected chi connectivity index (χ1v) is 11.9. The van der Waals surface area contributed by atoms with Gasteiger partial charge in [-0.1, -0.05) is 49.7 Å². The summed E-state index contributed by atoms with van der Waals surface area (Å²) in [5, 5.41) is 0. The zero-order chi connectivity index (χ0) is 27.6. The van der Waals surface area contributed by atoms with Crippen LogP contribution in [-0.4, -0.2) is 0 Å². The van der Waals surface area contributed by atoms with Gasteiger partial charge in [-0.05, 0) is 72.4 Å². The fraction of sp³-hybridized carbons (Fsp3) is 0.200. The average molecular weight is 532 g/mol. The fourth-order valence-electron chi connectivity index (χ4n) is 3.99. The van der Waals surface area contributed by atoms with E-state index in [1.165, 1.54) is 12.1 Å². The number of halogens is 7. The third kappa shape index (κ3) is 5.69. The highest BCUT2D eigenvalue weighted by atomic mass is 19.3. The van der Waals surface area contributed by atoms with Crippen LogP contribution in [0.3, 0.4) is 0 Å². The number of rotatable bonds is 8. The molecule has 1 nitrogen and oxygen atoms in total. The molecule has 0 aromatic heterocycles. The van der Waals surface area contributed by atoms with Crippen molar-refractivity contribution < 1.29 is 35.5 Å². The van der Waals surface area contributed by atoms with Crippen LogP contribution in [0.1, 0.15) is 36.5 Å². The Morgan fingerprint density at radius 1 is 0.658 bits per heavy atom. The maximum absolute atomic E-state index is 15.0. The van der Waals surface area contributed by atoms with E-state index in [1.54, 1.807) is 6.07 Å². The topological polar surface area (TPSA) is 9.23 Å². The number of aryl methyl sites for hydroxylation is 1. The van der Waals surface area contributed by atoms with Gasteiger partial charge in [0, 0.05) is 11.1 Å². The van der Waals surface area contributed by atoms with Gasteiger partial charge in [0.05, 0.1) is 5.56 Å². The van der Waals surface area contributed by atoms with Crippen molar-refractivity contribution in [3.63, 3.8) is 0 Å². The van der Waals surface area contributed by atoms with E-state index in [9.17, 15) is 30.7 Å². The number of hydrogen-bond donors (Lipinski definition) is 0. The average Bonchev–Trinajstić information content (AvgIpc) is 2.88. The van der Waals surface area contributed by atoms with Gasteiger partial charge in [0.15, 0.2) is 17.4 Å². The Hall–Kier alpha value is -3.81. The van der Waals surface area contributed by atoms with Crippen LogP contribution in [0.5, 0.6) is 5.75 Å². The van der Waals surface area contributed by atoms with Gasteiger partial charge >= 0.3 is 6.11 Å². The summed E-state index contributed by atoms with van der Waals surface area (Å²) in [7, 11) is 0. The lowest BCUT2D eigenvalue weighted by molar-refractivity contribution is -0.188. The molecule has 8 heteroatoms. The summed E-state index contributed by atoms with van der Waals surface area (Å²) in [6.45, 7) is 3.14. The quantitative estimate of drug-likeness (QED) is 0.205. The summed E-state index contributed by atoms with van der Waals surface area (Å²) in [5.41, 5.74) is 0.289. The van der Waals surface area contributed by atoms with Crippen LogP contribution in [-0.2, 0) is 12.5 Å². The summed E-state index contributed by atoms with van der Waals surface area (Å²) in [4.78, 5) is 0. The zero-order valence-corrected chi connectivity index (χ0v) is 20.5. The molecular weight excluding hydrogens is 509 g/mol. The molecule has 38 heavy (non-hydrogen) atoms. The Morgan fingerprint density at radius 2 is 1.21 bits per heavy atom. The van der Waals surface area contributed by atoms with Gasteiger partial charge in [-0.2, -0.15) is 8.78 Å². The van der Waals surface area contributed by atoms with Crippen LogP contribution in [0.15, 0.2) is 66.7 Å². The van der Waals surface area contributed by atoms with Crippen molar-refractivity contribution in [2.45, 2.75) is 39.2 Å². The molecule has 198 valence electrons. The van der Waals surface area contributed by atoms with E-state index in [4.69, 9.17) is 0 Å². The number of hydrogen-bond acceptors (Lipinski definition) is 1. The lowest BCUT2D eigenvalue weighted by Gasteiger charge is -2.20. The Labute approximate surface area is 215 Å². The molecule has 0 saturated carbocycles. The maximum atomic E-state index is 15.0. The number of unbranched alkanes of at least 4 members (excludes halogenated alkanes) is 1. The molecule has 0 aliphatic carbocycles. The predicted octanol–water partition coefficient (Wildman–Crippen LogP) is 9.50. The number of alkyl halides is 2. The Morgan fingerprint density at radius 3 is 1.76 bits per heavy atom. The SMILES string of the molecule is CCCCc1ccc(-c2ccc(-c3cc(F)c(OC(F)(F)c4cc(F)c(C)c(F)c4)c(F)c3)c(F)c2)cc1. The van der Waals surface area contributed by atoms with E-state index in [0.29, 0.717) is 29.8 Å². The Balaban J connectivity index is 1.60. The Bertz CT molecular complexity index is 1420. The van der Waals surface area contributed by atoms with Gasteiger partial charge in [0.25, 0.3) is 0 Å². The summed E-state index contributed by atoms with van der Waals surface area (Å²) >= 11 is 0. The molecule has 0 amide bonds. The van der Waals surface area contributed by atoms with Crippen molar-refractivity contribution in [2.75, 3.05) is 0 Å². The third-order valence-corrected chi connectivity index (χ3v) is 6.23. The fourth-order valence-corrected chi connectivity index (χ4v) is 3.99. The molecule has 0 spiro atoms. The van der Waals surface area contributed by atoms with Crippen LogP contribution in [0.25, 0.3) is 22.3 Å². The van der Waals surface area contributed by atoms with Gasteiger partial charge < -0.3 is 4.74 Å². The summed E-state index contributed by atoms with van der Waals surface area (Å²) in [6.07, 6.45) is -1.40. The molecule has 0 atom stereocenters. The van der Waals surface area contributed by atoms with E-state index in [1.807, 2.05) is 24.3 Å². The highest BCUT2D eigenvalue weighted by Crippen LogP contribution is 2.38. The first kappa shape index (κ1) is 27.2. The first-order valence-electron chi connectivity index (χ1n) is 11.9.